The highest BCUT2D eigenvalue weighted by atomic mass is 32.2. The van der Waals surface area contributed by atoms with Gasteiger partial charge in [0.25, 0.3) is 5.91 Å². The van der Waals surface area contributed by atoms with Gasteiger partial charge in [0.15, 0.2) is 5.76 Å². The zero-order chi connectivity index (χ0) is 18.2. The van der Waals surface area contributed by atoms with Gasteiger partial charge in [0.05, 0.1) is 5.92 Å². The van der Waals surface area contributed by atoms with Crippen LogP contribution >= 0.6 is 0 Å². The molecule has 2 rings (SSSR count). The molecule has 1 aliphatic rings. The monoisotopic (exact) mass is 358 g/mol. The van der Waals surface area contributed by atoms with Crippen LogP contribution in [-0.2, 0) is 14.8 Å². The summed E-state index contributed by atoms with van der Waals surface area (Å²) in [6.45, 7) is 3.40. The number of nitrogens with zero attached hydrogens (tertiary/aromatic N) is 2. The van der Waals surface area contributed by atoms with E-state index in [4.69, 9.17) is 9.52 Å². The quantitative estimate of drug-likeness (QED) is 0.865. The van der Waals surface area contributed by atoms with Crippen molar-refractivity contribution in [2.75, 3.05) is 20.6 Å². The van der Waals surface area contributed by atoms with Gasteiger partial charge in [0.1, 0.15) is 10.7 Å². The average Bonchev–Trinajstić information content (AvgIpc) is 2.89. The maximum absolute atomic E-state index is 12.7. The van der Waals surface area contributed by atoms with Crippen LogP contribution in [0.15, 0.2) is 15.4 Å². The molecule has 1 N–H and O–H groups in total. The molecule has 134 valence electrons. The summed E-state index contributed by atoms with van der Waals surface area (Å²) in [6, 6.07) is 1.08. The predicted molar refractivity (Wildman–Crippen MR) is 85.2 cm³/mol. The van der Waals surface area contributed by atoms with Crippen LogP contribution in [0.4, 0.5) is 0 Å². The number of hydrogen-bond acceptors (Lipinski definition) is 5. The van der Waals surface area contributed by atoms with E-state index in [2.05, 4.69) is 0 Å². The number of carbonyl (C=O) groups excluding carboxylic acids is 1. The second kappa shape index (κ2) is 6.56. The zero-order valence-electron chi connectivity index (χ0n) is 14.1. The molecule has 9 heteroatoms. The molecule has 1 fully saturated rings. The molecule has 0 aromatic carbocycles. The number of likely N-dealkylation sites (tertiary alicyclic amines) is 1. The lowest BCUT2D eigenvalue weighted by Gasteiger charge is -2.35. The minimum atomic E-state index is -3.71. The van der Waals surface area contributed by atoms with Crippen LogP contribution in [0.5, 0.6) is 0 Å². The van der Waals surface area contributed by atoms with Gasteiger partial charge >= 0.3 is 5.97 Å². The first kappa shape index (κ1) is 18.5. The fourth-order valence-electron chi connectivity index (χ4n) is 2.76. The van der Waals surface area contributed by atoms with Crippen molar-refractivity contribution >= 4 is 21.9 Å². The number of rotatable bonds is 4. The molecule has 8 nitrogen and oxygen atoms in total. The molecule has 24 heavy (non-hydrogen) atoms. The van der Waals surface area contributed by atoms with Gasteiger partial charge in [-0.2, -0.15) is 0 Å². The van der Waals surface area contributed by atoms with Crippen molar-refractivity contribution in [3.05, 3.63) is 17.6 Å². The summed E-state index contributed by atoms with van der Waals surface area (Å²) in [5.41, 5.74) is 0. The summed E-state index contributed by atoms with van der Waals surface area (Å²) in [4.78, 5) is 25.2. The van der Waals surface area contributed by atoms with Crippen LogP contribution in [0.2, 0.25) is 0 Å². The van der Waals surface area contributed by atoms with Gasteiger partial charge < -0.3 is 14.4 Å². The average molecular weight is 358 g/mol. The van der Waals surface area contributed by atoms with E-state index in [0.29, 0.717) is 12.8 Å². The van der Waals surface area contributed by atoms with Crippen LogP contribution in [0, 0.1) is 12.8 Å². The Balaban J connectivity index is 2.32. The van der Waals surface area contributed by atoms with Crippen LogP contribution in [0.25, 0.3) is 0 Å². The third kappa shape index (κ3) is 3.32. The minimum Gasteiger partial charge on any atom is -0.481 e. The molecule has 1 amide bonds. The number of sulfonamides is 1. The molecule has 1 saturated heterocycles. The van der Waals surface area contributed by atoms with Crippen LogP contribution < -0.4 is 0 Å². The molecule has 0 spiro atoms. The fraction of sp³-hybridized carbons (Fsp3) is 0.600. The first-order chi connectivity index (χ1) is 11.1. The van der Waals surface area contributed by atoms with Gasteiger partial charge in [-0.25, -0.2) is 12.7 Å². The van der Waals surface area contributed by atoms with E-state index in [-0.39, 0.29) is 29.0 Å². The van der Waals surface area contributed by atoms with Crippen molar-refractivity contribution in [3.8, 4) is 0 Å². The van der Waals surface area contributed by atoms with Gasteiger partial charge in [-0.1, -0.05) is 0 Å². The van der Waals surface area contributed by atoms with Crippen LogP contribution in [-0.4, -0.2) is 61.3 Å². The number of amides is 1. The number of piperidine rings is 1. The number of hydrogen-bond donors (Lipinski definition) is 1. The summed E-state index contributed by atoms with van der Waals surface area (Å²) in [5, 5.41) is 9.16. The Morgan fingerprint density at radius 3 is 2.50 bits per heavy atom. The third-order valence-corrected chi connectivity index (χ3v) is 6.26. The summed E-state index contributed by atoms with van der Waals surface area (Å²) >= 11 is 0. The van der Waals surface area contributed by atoms with Gasteiger partial charge in [0.2, 0.25) is 10.0 Å². The molecule has 0 radical (unpaired) electrons. The third-order valence-electron chi connectivity index (χ3n) is 4.33. The van der Waals surface area contributed by atoms with E-state index >= 15 is 0 Å². The van der Waals surface area contributed by atoms with Crippen molar-refractivity contribution in [1.82, 2.24) is 9.21 Å². The first-order valence-electron chi connectivity index (χ1n) is 7.62. The molecule has 1 aliphatic heterocycles. The largest absolute Gasteiger partial charge is 0.481 e. The second-order valence-electron chi connectivity index (χ2n) is 6.24. The van der Waals surface area contributed by atoms with Crippen molar-refractivity contribution in [1.29, 1.82) is 0 Å². The van der Waals surface area contributed by atoms with E-state index in [1.54, 1.807) is 0 Å². The summed E-state index contributed by atoms with van der Waals surface area (Å²) in [5.74, 6) is -2.01. The Kier molecular flexibility index (Phi) is 5.05. The van der Waals surface area contributed by atoms with E-state index in [1.165, 1.54) is 32.0 Å². The highest BCUT2D eigenvalue weighted by molar-refractivity contribution is 7.89. The molecular formula is C15H22N2O6S. The van der Waals surface area contributed by atoms with Gasteiger partial charge in [0, 0.05) is 32.7 Å². The SMILES string of the molecule is Cc1oc(C(=O)N2CC(C(=O)O)CCC2C)cc1S(=O)(=O)N(C)C. The Labute approximate surface area is 141 Å². The van der Waals surface area contributed by atoms with E-state index in [0.717, 1.165) is 4.31 Å². The molecule has 1 aromatic heterocycles. The maximum Gasteiger partial charge on any atom is 0.308 e. The number of furan rings is 1. The molecule has 2 atom stereocenters. The number of carboxylic acid groups (broad SMARTS) is 1. The van der Waals surface area contributed by atoms with Gasteiger partial charge in [-0.15, -0.1) is 0 Å². The number of aryl methyl sites for hydroxylation is 1. The highest BCUT2D eigenvalue weighted by Crippen LogP contribution is 2.27. The maximum atomic E-state index is 12.7. The normalized spacial score (nSPS) is 22.0. The smallest absolute Gasteiger partial charge is 0.308 e. The molecule has 0 aliphatic carbocycles. The lowest BCUT2D eigenvalue weighted by atomic mass is 9.93. The number of carboxylic acids is 1. The molecular weight excluding hydrogens is 336 g/mol. The van der Waals surface area contributed by atoms with Gasteiger partial charge in [-0.3, -0.25) is 9.59 Å². The number of aliphatic carboxylic acids is 1. The lowest BCUT2D eigenvalue weighted by molar-refractivity contribution is -0.143. The highest BCUT2D eigenvalue weighted by Gasteiger charge is 2.35. The summed E-state index contributed by atoms with van der Waals surface area (Å²) < 4.78 is 30.9. The zero-order valence-corrected chi connectivity index (χ0v) is 15.0. The van der Waals surface area contributed by atoms with Gasteiger partial charge in [-0.05, 0) is 26.7 Å². The van der Waals surface area contributed by atoms with E-state index in [1.807, 2.05) is 6.92 Å². The summed E-state index contributed by atoms with van der Waals surface area (Å²) in [6.07, 6.45) is 1.09. The molecule has 1 aromatic rings. The van der Waals surface area contributed by atoms with Crippen molar-refractivity contribution in [2.24, 2.45) is 5.92 Å². The van der Waals surface area contributed by atoms with Crippen molar-refractivity contribution in [2.45, 2.75) is 37.6 Å². The standard InChI is InChI=1S/C15H22N2O6S/c1-9-5-6-11(15(19)20)8-17(9)14(18)12-7-13(10(2)23-12)24(21,22)16(3)4/h7,9,11H,5-6,8H2,1-4H3,(H,19,20). The van der Waals surface area contributed by atoms with E-state index < -0.39 is 27.8 Å². The molecule has 0 saturated carbocycles. The fourth-order valence-corrected chi connectivity index (χ4v) is 3.81. The Hall–Kier alpha value is -1.87. The molecule has 0 bridgehead atoms. The Morgan fingerprint density at radius 1 is 1.33 bits per heavy atom. The molecule has 2 heterocycles. The van der Waals surface area contributed by atoms with E-state index in [9.17, 15) is 18.0 Å². The van der Waals surface area contributed by atoms with Crippen molar-refractivity contribution < 1.29 is 27.5 Å². The Bertz CT molecular complexity index is 752. The predicted octanol–water partition coefficient (Wildman–Crippen LogP) is 1.16. The Morgan fingerprint density at radius 2 is 1.96 bits per heavy atom. The minimum absolute atomic E-state index is 0.0599. The lowest BCUT2D eigenvalue weighted by Crippen LogP contribution is -2.47. The number of carbonyl (C=O) groups is 2. The van der Waals surface area contributed by atoms with Crippen LogP contribution in [0.3, 0.4) is 0 Å². The van der Waals surface area contributed by atoms with Crippen LogP contribution in [0.1, 0.15) is 36.1 Å². The summed E-state index contributed by atoms with van der Waals surface area (Å²) in [7, 11) is -0.921. The van der Waals surface area contributed by atoms with Crippen molar-refractivity contribution in [3.63, 3.8) is 0 Å². The molecule has 2 unspecified atom stereocenters. The first-order valence-corrected chi connectivity index (χ1v) is 9.06. The second-order valence-corrected chi connectivity index (χ2v) is 8.36. The topological polar surface area (TPSA) is 108 Å².